The minimum Gasteiger partial charge on any atom is -0.459 e. The Balaban J connectivity index is 1.89. The summed E-state index contributed by atoms with van der Waals surface area (Å²) in [5, 5.41) is 10.1. The molecule has 5 nitrogen and oxygen atoms in total. The van der Waals surface area contributed by atoms with Crippen LogP contribution < -0.4 is 0 Å². The Morgan fingerprint density at radius 3 is 2.65 bits per heavy atom. The molecule has 1 aliphatic rings. The van der Waals surface area contributed by atoms with Crippen molar-refractivity contribution in [1.29, 1.82) is 5.26 Å². The van der Waals surface area contributed by atoms with Gasteiger partial charge in [-0.25, -0.2) is 8.42 Å². The lowest BCUT2D eigenvalue weighted by Crippen LogP contribution is -2.37. The SMILES string of the molecule is CCN([C@H](C)c1cc2ccccc2o1)S(=O)(=O)CC1(C#N)CC1. The van der Waals surface area contributed by atoms with Gasteiger partial charge in [-0.2, -0.15) is 9.57 Å². The maximum atomic E-state index is 12.7. The van der Waals surface area contributed by atoms with Gasteiger partial charge < -0.3 is 4.42 Å². The Bertz CT molecular complexity index is 826. The molecule has 1 aromatic carbocycles. The second kappa shape index (κ2) is 5.66. The molecule has 1 saturated carbocycles. The van der Waals surface area contributed by atoms with Gasteiger partial charge in [-0.15, -0.1) is 0 Å². The molecule has 122 valence electrons. The number of furan rings is 1. The van der Waals surface area contributed by atoms with E-state index in [2.05, 4.69) is 6.07 Å². The van der Waals surface area contributed by atoms with Crippen LogP contribution in [0.25, 0.3) is 11.0 Å². The first-order chi connectivity index (χ1) is 10.9. The van der Waals surface area contributed by atoms with E-state index in [1.54, 1.807) is 0 Å². The molecule has 0 spiro atoms. The minimum absolute atomic E-state index is 0.102. The van der Waals surface area contributed by atoms with Crippen molar-refractivity contribution >= 4 is 21.0 Å². The number of sulfonamides is 1. The maximum Gasteiger partial charge on any atom is 0.216 e. The van der Waals surface area contributed by atoms with Gasteiger partial charge in [0.1, 0.15) is 11.3 Å². The monoisotopic (exact) mass is 332 g/mol. The van der Waals surface area contributed by atoms with Crippen molar-refractivity contribution in [3.8, 4) is 6.07 Å². The second-order valence-corrected chi connectivity index (χ2v) is 8.14. The molecule has 0 saturated heterocycles. The normalized spacial score (nSPS) is 18.0. The lowest BCUT2D eigenvalue weighted by atomic mass is 10.2. The van der Waals surface area contributed by atoms with Crippen molar-refractivity contribution in [2.45, 2.75) is 32.7 Å². The van der Waals surface area contributed by atoms with Crippen LogP contribution in [-0.2, 0) is 10.0 Å². The third kappa shape index (κ3) is 2.99. The Kier molecular flexibility index (Phi) is 3.95. The third-order valence-electron chi connectivity index (χ3n) is 4.51. The van der Waals surface area contributed by atoms with Gasteiger partial charge in [0.15, 0.2) is 0 Å². The number of para-hydroxylation sites is 1. The van der Waals surface area contributed by atoms with E-state index in [4.69, 9.17) is 4.42 Å². The summed E-state index contributed by atoms with van der Waals surface area (Å²) in [4.78, 5) is 0. The van der Waals surface area contributed by atoms with Crippen molar-refractivity contribution in [2.75, 3.05) is 12.3 Å². The number of nitriles is 1. The average Bonchev–Trinajstić information content (AvgIpc) is 3.13. The summed E-state index contributed by atoms with van der Waals surface area (Å²) in [5.41, 5.74) is 0.0679. The first-order valence-corrected chi connectivity index (χ1v) is 9.41. The van der Waals surface area contributed by atoms with E-state index in [-0.39, 0.29) is 5.75 Å². The van der Waals surface area contributed by atoms with Gasteiger partial charge in [0, 0.05) is 11.9 Å². The molecule has 1 aromatic heterocycles. The van der Waals surface area contributed by atoms with Gasteiger partial charge >= 0.3 is 0 Å². The minimum atomic E-state index is -3.51. The molecule has 23 heavy (non-hydrogen) atoms. The van der Waals surface area contributed by atoms with Crippen LogP contribution >= 0.6 is 0 Å². The predicted molar refractivity (Wildman–Crippen MR) is 88.1 cm³/mol. The zero-order valence-electron chi connectivity index (χ0n) is 13.3. The molecule has 0 unspecified atom stereocenters. The number of hydrogen-bond donors (Lipinski definition) is 0. The maximum absolute atomic E-state index is 12.7. The molecular weight excluding hydrogens is 312 g/mol. The van der Waals surface area contributed by atoms with Crippen molar-refractivity contribution in [2.24, 2.45) is 5.41 Å². The summed E-state index contributed by atoms with van der Waals surface area (Å²) in [7, 11) is -3.51. The molecular formula is C17H20N2O3S. The van der Waals surface area contributed by atoms with E-state index in [1.807, 2.05) is 44.2 Å². The van der Waals surface area contributed by atoms with Crippen LogP contribution in [0.2, 0.25) is 0 Å². The van der Waals surface area contributed by atoms with Crippen molar-refractivity contribution in [3.63, 3.8) is 0 Å². The summed E-state index contributed by atoms with van der Waals surface area (Å²) in [6.07, 6.45) is 1.33. The molecule has 6 heteroatoms. The fraction of sp³-hybridized carbons (Fsp3) is 0.471. The highest BCUT2D eigenvalue weighted by Gasteiger charge is 2.48. The highest BCUT2D eigenvalue weighted by Crippen LogP contribution is 2.47. The Hall–Kier alpha value is -1.84. The number of rotatable bonds is 6. The molecule has 1 heterocycles. The van der Waals surface area contributed by atoms with Crippen LogP contribution in [0.5, 0.6) is 0 Å². The molecule has 0 amide bonds. The lowest BCUT2D eigenvalue weighted by molar-refractivity contribution is 0.315. The fourth-order valence-corrected chi connectivity index (χ4v) is 5.13. The van der Waals surface area contributed by atoms with E-state index in [0.717, 1.165) is 11.0 Å². The van der Waals surface area contributed by atoms with Crippen LogP contribution in [-0.4, -0.2) is 25.0 Å². The average molecular weight is 332 g/mol. The molecule has 1 aliphatic carbocycles. The van der Waals surface area contributed by atoms with Crippen LogP contribution in [0.4, 0.5) is 0 Å². The zero-order valence-corrected chi connectivity index (χ0v) is 14.1. The summed E-state index contributed by atoms with van der Waals surface area (Å²) in [6, 6.07) is 11.3. The Labute approximate surface area is 136 Å². The third-order valence-corrected chi connectivity index (χ3v) is 6.71. The van der Waals surface area contributed by atoms with E-state index in [9.17, 15) is 13.7 Å². The highest BCUT2D eigenvalue weighted by molar-refractivity contribution is 7.89. The number of fused-ring (bicyclic) bond motifs is 1. The van der Waals surface area contributed by atoms with E-state index in [1.165, 1.54) is 4.31 Å². The molecule has 1 fully saturated rings. The standard InChI is InChI=1S/C17H20N2O3S/c1-3-19(23(20,21)12-17(11-18)8-9-17)13(2)16-10-14-6-4-5-7-15(14)22-16/h4-7,10,13H,3,8-9,12H2,1-2H3/t13-/m1/s1. The molecule has 0 bridgehead atoms. The molecule has 3 rings (SSSR count). The number of hydrogen-bond acceptors (Lipinski definition) is 4. The van der Waals surface area contributed by atoms with E-state index in [0.29, 0.717) is 25.1 Å². The smallest absolute Gasteiger partial charge is 0.216 e. The van der Waals surface area contributed by atoms with Crippen molar-refractivity contribution < 1.29 is 12.8 Å². The van der Waals surface area contributed by atoms with Crippen LogP contribution in [0.3, 0.4) is 0 Å². The van der Waals surface area contributed by atoms with Crippen molar-refractivity contribution in [1.82, 2.24) is 4.31 Å². The van der Waals surface area contributed by atoms with E-state index < -0.39 is 21.5 Å². The zero-order chi connectivity index (χ0) is 16.7. The molecule has 0 radical (unpaired) electrons. The summed E-state index contributed by atoms with van der Waals surface area (Å²) < 4.78 is 32.7. The lowest BCUT2D eigenvalue weighted by Gasteiger charge is -2.26. The summed E-state index contributed by atoms with van der Waals surface area (Å²) in [6.45, 7) is 3.98. The molecule has 2 aromatic rings. The topological polar surface area (TPSA) is 74.3 Å². The number of benzene rings is 1. The first-order valence-electron chi connectivity index (χ1n) is 7.80. The first kappa shape index (κ1) is 16.0. The molecule has 1 atom stereocenters. The largest absolute Gasteiger partial charge is 0.459 e. The highest BCUT2D eigenvalue weighted by atomic mass is 32.2. The number of nitrogens with zero attached hydrogens (tertiary/aromatic N) is 2. The van der Waals surface area contributed by atoms with Crippen molar-refractivity contribution in [3.05, 3.63) is 36.1 Å². The second-order valence-electron chi connectivity index (χ2n) is 6.21. The summed E-state index contributed by atoms with van der Waals surface area (Å²) >= 11 is 0. The Morgan fingerprint density at radius 1 is 1.39 bits per heavy atom. The van der Waals surface area contributed by atoms with Gasteiger partial charge in [-0.1, -0.05) is 25.1 Å². The van der Waals surface area contributed by atoms with Crippen LogP contribution in [0, 0.1) is 16.7 Å². The quantitative estimate of drug-likeness (QED) is 0.812. The van der Waals surface area contributed by atoms with Gasteiger partial charge in [0.2, 0.25) is 10.0 Å². The predicted octanol–water partition coefficient (Wildman–Crippen LogP) is 3.45. The fourth-order valence-electron chi connectivity index (χ4n) is 2.93. The van der Waals surface area contributed by atoms with Gasteiger partial charge in [-0.05, 0) is 31.9 Å². The molecule has 0 aliphatic heterocycles. The van der Waals surface area contributed by atoms with Gasteiger partial charge in [0.05, 0.1) is 23.3 Å². The van der Waals surface area contributed by atoms with Gasteiger partial charge in [-0.3, -0.25) is 0 Å². The van der Waals surface area contributed by atoms with Gasteiger partial charge in [0.25, 0.3) is 0 Å². The Morgan fingerprint density at radius 2 is 2.09 bits per heavy atom. The van der Waals surface area contributed by atoms with E-state index >= 15 is 0 Å². The van der Waals surface area contributed by atoms with Crippen LogP contribution in [0.15, 0.2) is 34.7 Å². The molecule has 0 N–H and O–H groups in total. The van der Waals surface area contributed by atoms with Crippen LogP contribution in [0.1, 0.15) is 38.5 Å². The summed E-state index contributed by atoms with van der Waals surface area (Å²) in [5.74, 6) is 0.521.